The lowest BCUT2D eigenvalue weighted by atomic mass is 10.1. The van der Waals surface area contributed by atoms with Gasteiger partial charge in [-0.2, -0.15) is 0 Å². The van der Waals surface area contributed by atoms with Crippen LogP contribution in [-0.2, 0) is 9.47 Å². The van der Waals surface area contributed by atoms with Crippen molar-refractivity contribution in [2.24, 2.45) is 0 Å². The summed E-state index contributed by atoms with van der Waals surface area (Å²) >= 11 is 0. The molecule has 0 heterocycles. The molecule has 0 aromatic rings. The van der Waals surface area contributed by atoms with E-state index in [4.69, 9.17) is 9.47 Å². The van der Waals surface area contributed by atoms with Crippen LogP contribution in [0.2, 0.25) is 0 Å². The number of allylic oxidation sites excluding steroid dienone is 1. The average molecular weight is 182 g/mol. The van der Waals surface area contributed by atoms with Crippen molar-refractivity contribution in [1.82, 2.24) is 0 Å². The summed E-state index contributed by atoms with van der Waals surface area (Å²) < 4.78 is 10.4. The lowest BCUT2D eigenvalue weighted by Gasteiger charge is -2.11. The number of methoxy groups -OCH3 is 1. The van der Waals surface area contributed by atoms with Crippen LogP contribution in [0.1, 0.15) is 26.7 Å². The maximum atomic E-state index is 5.53. The molecule has 0 N–H and O–H groups in total. The lowest BCUT2D eigenvalue weighted by molar-refractivity contribution is -0.0565. The summed E-state index contributed by atoms with van der Waals surface area (Å²) in [7, 11) is 1.64. The molecule has 0 fully saturated rings. The molecule has 74 valence electrons. The summed E-state index contributed by atoms with van der Waals surface area (Å²) in [6.07, 6.45) is 2.18. The zero-order valence-corrected chi connectivity index (χ0v) is 8.72. The van der Waals surface area contributed by atoms with Crippen LogP contribution < -0.4 is 0 Å². The van der Waals surface area contributed by atoms with E-state index in [9.17, 15) is 0 Å². The van der Waals surface area contributed by atoms with Crippen LogP contribution in [0, 0.1) is 0 Å². The molecule has 1 rings (SSSR count). The van der Waals surface area contributed by atoms with Gasteiger partial charge in [0.1, 0.15) is 6.79 Å². The van der Waals surface area contributed by atoms with Crippen LogP contribution in [-0.4, -0.2) is 20.0 Å². The third-order valence-corrected chi connectivity index (χ3v) is 2.56. The molecular formula is C11H18O2. The third kappa shape index (κ3) is 2.20. The molecule has 0 spiro atoms. The zero-order chi connectivity index (χ0) is 9.84. The van der Waals surface area contributed by atoms with E-state index in [2.05, 4.69) is 20.4 Å². The highest BCUT2D eigenvalue weighted by Crippen LogP contribution is 2.33. The summed E-state index contributed by atoms with van der Waals surface area (Å²) in [4.78, 5) is 0. The quantitative estimate of drug-likeness (QED) is 0.622. The van der Waals surface area contributed by atoms with Gasteiger partial charge in [0.25, 0.3) is 0 Å². The summed E-state index contributed by atoms with van der Waals surface area (Å²) in [6, 6.07) is 0. The second-order valence-corrected chi connectivity index (χ2v) is 3.38. The molecule has 1 aliphatic rings. The molecule has 0 amide bonds. The van der Waals surface area contributed by atoms with Crippen LogP contribution >= 0.6 is 0 Å². The summed E-state index contributed by atoms with van der Waals surface area (Å²) in [5.74, 6) is 0. The maximum absolute atomic E-state index is 5.53. The van der Waals surface area contributed by atoms with Crippen molar-refractivity contribution < 1.29 is 9.47 Å². The molecule has 2 heteroatoms. The highest BCUT2D eigenvalue weighted by atomic mass is 16.7. The topological polar surface area (TPSA) is 18.5 Å². The zero-order valence-electron chi connectivity index (χ0n) is 8.72. The minimum atomic E-state index is 0.197. The van der Waals surface area contributed by atoms with Crippen molar-refractivity contribution in [2.75, 3.05) is 13.9 Å². The van der Waals surface area contributed by atoms with Gasteiger partial charge in [0.15, 0.2) is 0 Å². The first-order chi connectivity index (χ1) is 6.20. The first-order valence-electron chi connectivity index (χ1n) is 4.69. The number of hydrogen-bond acceptors (Lipinski definition) is 2. The van der Waals surface area contributed by atoms with Gasteiger partial charge in [-0.25, -0.2) is 0 Å². The average Bonchev–Trinajstić information content (AvgIpc) is 2.38. The van der Waals surface area contributed by atoms with E-state index in [1.165, 1.54) is 16.7 Å². The molecule has 0 bridgehead atoms. The summed E-state index contributed by atoms with van der Waals surface area (Å²) in [6.45, 7) is 8.68. The Labute approximate surface area is 80.2 Å². The molecule has 0 aliphatic heterocycles. The Balaban J connectivity index is 2.61. The fourth-order valence-electron chi connectivity index (χ4n) is 1.84. The Morgan fingerprint density at radius 3 is 2.69 bits per heavy atom. The molecule has 0 saturated carbocycles. The lowest BCUT2D eigenvalue weighted by Crippen LogP contribution is -2.12. The third-order valence-electron chi connectivity index (χ3n) is 2.56. The van der Waals surface area contributed by atoms with E-state index < -0.39 is 0 Å². The van der Waals surface area contributed by atoms with Crippen molar-refractivity contribution in [3.05, 3.63) is 23.3 Å². The Hall–Kier alpha value is -0.600. The fraction of sp³-hybridized carbons (Fsp3) is 0.636. The minimum Gasteiger partial charge on any atom is -0.359 e. The van der Waals surface area contributed by atoms with Gasteiger partial charge >= 0.3 is 0 Å². The molecule has 0 aromatic heterocycles. The van der Waals surface area contributed by atoms with Gasteiger partial charge in [-0.15, -0.1) is 0 Å². The maximum Gasteiger partial charge on any atom is 0.147 e. The number of rotatable bonds is 4. The second-order valence-electron chi connectivity index (χ2n) is 3.38. The van der Waals surface area contributed by atoms with Gasteiger partial charge in [0.05, 0.1) is 6.10 Å². The number of hydrogen-bond donors (Lipinski definition) is 0. The highest BCUT2D eigenvalue weighted by Gasteiger charge is 2.24. The molecule has 0 radical (unpaired) electrons. The van der Waals surface area contributed by atoms with Gasteiger partial charge < -0.3 is 9.47 Å². The monoisotopic (exact) mass is 182 g/mol. The minimum absolute atomic E-state index is 0.197. The van der Waals surface area contributed by atoms with Gasteiger partial charge in [-0.3, -0.25) is 0 Å². The van der Waals surface area contributed by atoms with Crippen molar-refractivity contribution in [2.45, 2.75) is 32.8 Å². The fourth-order valence-corrected chi connectivity index (χ4v) is 1.84. The van der Waals surface area contributed by atoms with Gasteiger partial charge in [0, 0.05) is 13.5 Å². The Bertz CT molecular complexity index is 228. The van der Waals surface area contributed by atoms with Gasteiger partial charge in [0.2, 0.25) is 0 Å². The molecule has 13 heavy (non-hydrogen) atoms. The van der Waals surface area contributed by atoms with Gasteiger partial charge in [-0.05, 0) is 30.1 Å². The molecule has 1 atom stereocenters. The molecule has 1 unspecified atom stereocenters. The van der Waals surface area contributed by atoms with E-state index in [1.807, 2.05) is 0 Å². The summed E-state index contributed by atoms with van der Waals surface area (Å²) in [5.41, 5.74) is 3.92. The van der Waals surface area contributed by atoms with Crippen LogP contribution in [0.5, 0.6) is 0 Å². The Morgan fingerprint density at radius 1 is 1.54 bits per heavy atom. The van der Waals surface area contributed by atoms with Crippen molar-refractivity contribution >= 4 is 0 Å². The Kier molecular flexibility index (Phi) is 3.70. The molecule has 0 aromatic carbocycles. The number of ether oxygens (including phenoxy) is 2. The van der Waals surface area contributed by atoms with E-state index >= 15 is 0 Å². The SMILES string of the molecule is C=C1CC(OCOC)C(C)=C1CC. The predicted octanol–water partition coefficient (Wildman–Crippen LogP) is 2.66. The first kappa shape index (κ1) is 10.5. The van der Waals surface area contributed by atoms with Crippen molar-refractivity contribution in [3.8, 4) is 0 Å². The van der Waals surface area contributed by atoms with Crippen LogP contribution in [0.25, 0.3) is 0 Å². The molecule has 0 saturated heterocycles. The first-order valence-corrected chi connectivity index (χ1v) is 4.69. The molecule has 1 aliphatic carbocycles. The molecule has 2 nitrogen and oxygen atoms in total. The van der Waals surface area contributed by atoms with Crippen LogP contribution in [0.3, 0.4) is 0 Å². The molecular weight excluding hydrogens is 164 g/mol. The smallest absolute Gasteiger partial charge is 0.147 e. The van der Waals surface area contributed by atoms with Crippen molar-refractivity contribution in [3.63, 3.8) is 0 Å². The standard InChI is InChI=1S/C11H18O2/c1-5-10-8(2)6-11(9(10)3)13-7-12-4/h11H,2,5-7H2,1,3-4H3. The largest absolute Gasteiger partial charge is 0.359 e. The van der Waals surface area contributed by atoms with Crippen LogP contribution in [0.15, 0.2) is 23.3 Å². The van der Waals surface area contributed by atoms with Crippen molar-refractivity contribution in [1.29, 1.82) is 0 Å². The second kappa shape index (κ2) is 4.58. The van der Waals surface area contributed by atoms with E-state index in [1.54, 1.807) is 7.11 Å². The normalized spacial score (nSPS) is 23.0. The van der Waals surface area contributed by atoms with Crippen LogP contribution in [0.4, 0.5) is 0 Å². The van der Waals surface area contributed by atoms with Gasteiger partial charge in [-0.1, -0.05) is 13.5 Å². The summed E-state index contributed by atoms with van der Waals surface area (Å²) in [5, 5.41) is 0. The van der Waals surface area contributed by atoms with E-state index in [-0.39, 0.29) is 6.10 Å². The van der Waals surface area contributed by atoms with E-state index in [0.717, 1.165) is 12.8 Å². The van der Waals surface area contributed by atoms with E-state index in [0.29, 0.717) is 6.79 Å². The Morgan fingerprint density at radius 2 is 2.23 bits per heavy atom. The predicted molar refractivity (Wildman–Crippen MR) is 53.5 cm³/mol. The highest BCUT2D eigenvalue weighted by molar-refractivity contribution is 5.41.